The lowest BCUT2D eigenvalue weighted by atomic mass is 10.0. The summed E-state index contributed by atoms with van der Waals surface area (Å²) in [5.41, 5.74) is 2.58. The first-order valence-corrected chi connectivity index (χ1v) is 11.2. The zero-order valence-corrected chi connectivity index (χ0v) is 18.4. The molecule has 0 radical (unpaired) electrons. The van der Waals surface area contributed by atoms with Crippen molar-refractivity contribution in [3.8, 4) is 16.9 Å². The molecule has 0 aliphatic carbocycles. The molecule has 31 heavy (non-hydrogen) atoms. The molecule has 164 valence electrons. The topological polar surface area (TPSA) is 53.1 Å². The summed E-state index contributed by atoms with van der Waals surface area (Å²) in [5.74, 6) is 0.820. The molecule has 2 aromatic rings. The molecule has 2 fully saturated rings. The lowest BCUT2D eigenvalue weighted by molar-refractivity contribution is -0.137. The predicted octanol–water partition coefficient (Wildman–Crippen LogP) is 3.13. The van der Waals surface area contributed by atoms with E-state index in [0.29, 0.717) is 12.1 Å². The van der Waals surface area contributed by atoms with E-state index in [9.17, 15) is 9.59 Å². The van der Waals surface area contributed by atoms with Crippen LogP contribution in [0.4, 0.5) is 0 Å². The second kappa shape index (κ2) is 9.52. The predicted molar refractivity (Wildman–Crippen MR) is 121 cm³/mol. The van der Waals surface area contributed by atoms with Crippen LogP contribution in [0, 0.1) is 0 Å². The maximum atomic E-state index is 13.4. The maximum absolute atomic E-state index is 13.4. The molecule has 6 nitrogen and oxygen atoms in total. The average Bonchev–Trinajstić information content (AvgIpc) is 3.33. The van der Waals surface area contributed by atoms with Gasteiger partial charge >= 0.3 is 0 Å². The normalized spacial score (nSPS) is 19.5. The highest BCUT2D eigenvalue weighted by Crippen LogP contribution is 2.27. The summed E-state index contributed by atoms with van der Waals surface area (Å²) in [7, 11) is 1.64. The van der Waals surface area contributed by atoms with Gasteiger partial charge in [-0.1, -0.05) is 31.2 Å². The van der Waals surface area contributed by atoms with Crippen LogP contribution < -0.4 is 4.74 Å². The van der Waals surface area contributed by atoms with Crippen LogP contribution in [0.3, 0.4) is 0 Å². The SMILES string of the molecule is CCN1CCN(C(=O)C2CCCN2C(=O)c2cccc(-c3cccc(OC)c3)c2)CC1. The minimum Gasteiger partial charge on any atom is -0.497 e. The molecule has 2 saturated heterocycles. The van der Waals surface area contributed by atoms with E-state index in [0.717, 1.165) is 62.4 Å². The summed E-state index contributed by atoms with van der Waals surface area (Å²) in [4.78, 5) is 32.6. The molecule has 0 bridgehead atoms. The lowest BCUT2D eigenvalue weighted by Crippen LogP contribution is -2.54. The zero-order valence-electron chi connectivity index (χ0n) is 18.4. The first-order chi connectivity index (χ1) is 15.1. The third kappa shape index (κ3) is 4.59. The van der Waals surface area contributed by atoms with E-state index < -0.39 is 0 Å². The molecule has 2 aromatic carbocycles. The number of piperazine rings is 1. The molecule has 2 aliphatic rings. The third-order valence-electron chi connectivity index (χ3n) is 6.44. The molecule has 6 heteroatoms. The molecule has 0 saturated carbocycles. The fraction of sp³-hybridized carbons (Fsp3) is 0.440. The summed E-state index contributed by atoms with van der Waals surface area (Å²) in [6, 6.07) is 15.1. The largest absolute Gasteiger partial charge is 0.497 e. The quantitative estimate of drug-likeness (QED) is 0.744. The van der Waals surface area contributed by atoms with Crippen molar-refractivity contribution in [2.24, 2.45) is 0 Å². The van der Waals surface area contributed by atoms with Crippen LogP contribution in [0.25, 0.3) is 11.1 Å². The van der Waals surface area contributed by atoms with Gasteiger partial charge in [-0.25, -0.2) is 0 Å². The standard InChI is InChI=1S/C25H31N3O3/c1-3-26-13-15-27(16-14-26)25(30)23-11-6-12-28(23)24(29)21-9-4-7-19(17-21)20-8-5-10-22(18-20)31-2/h4-5,7-10,17-18,23H,3,6,11-16H2,1-2H3. The summed E-state index contributed by atoms with van der Waals surface area (Å²) in [6.07, 6.45) is 1.61. The molecule has 0 spiro atoms. The number of methoxy groups -OCH3 is 1. The Morgan fingerprint density at radius 1 is 0.968 bits per heavy atom. The smallest absolute Gasteiger partial charge is 0.254 e. The number of hydrogen-bond donors (Lipinski definition) is 0. The summed E-state index contributed by atoms with van der Waals surface area (Å²) in [6.45, 7) is 7.10. The van der Waals surface area contributed by atoms with Crippen LogP contribution in [0.2, 0.25) is 0 Å². The highest BCUT2D eigenvalue weighted by atomic mass is 16.5. The first kappa shape index (κ1) is 21.4. The Morgan fingerprint density at radius 2 is 1.68 bits per heavy atom. The molecular formula is C25H31N3O3. The minimum atomic E-state index is -0.346. The van der Waals surface area contributed by atoms with Crippen molar-refractivity contribution in [1.29, 1.82) is 0 Å². The molecule has 1 atom stereocenters. The molecule has 0 N–H and O–H groups in total. The number of likely N-dealkylation sites (tertiary alicyclic amines) is 1. The van der Waals surface area contributed by atoms with Crippen LogP contribution in [0.1, 0.15) is 30.1 Å². The number of benzene rings is 2. The van der Waals surface area contributed by atoms with E-state index in [1.165, 1.54) is 0 Å². The summed E-state index contributed by atoms with van der Waals surface area (Å²) < 4.78 is 5.33. The van der Waals surface area contributed by atoms with Crippen molar-refractivity contribution in [1.82, 2.24) is 14.7 Å². The van der Waals surface area contributed by atoms with E-state index in [4.69, 9.17) is 4.74 Å². The maximum Gasteiger partial charge on any atom is 0.254 e. The number of ether oxygens (including phenoxy) is 1. The Bertz CT molecular complexity index is 937. The number of amides is 2. The van der Waals surface area contributed by atoms with Gasteiger partial charge in [0.15, 0.2) is 0 Å². The second-order valence-electron chi connectivity index (χ2n) is 8.23. The number of hydrogen-bond acceptors (Lipinski definition) is 4. The second-order valence-corrected chi connectivity index (χ2v) is 8.23. The molecule has 0 aromatic heterocycles. The van der Waals surface area contributed by atoms with Crippen molar-refractivity contribution in [3.63, 3.8) is 0 Å². The molecule has 4 rings (SSSR count). The van der Waals surface area contributed by atoms with Gasteiger partial charge in [0.1, 0.15) is 11.8 Å². The van der Waals surface area contributed by atoms with Gasteiger partial charge < -0.3 is 19.4 Å². The van der Waals surface area contributed by atoms with Crippen molar-refractivity contribution in [2.75, 3.05) is 46.4 Å². The third-order valence-corrected chi connectivity index (χ3v) is 6.44. The fourth-order valence-electron chi connectivity index (χ4n) is 4.56. The van der Waals surface area contributed by atoms with Crippen molar-refractivity contribution in [2.45, 2.75) is 25.8 Å². The van der Waals surface area contributed by atoms with Crippen LogP contribution in [0.15, 0.2) is 48.5 Å². The van der Waals surface area contributed by atoms with Gasteiger partial charge in [0.2, 0.25) is 5.91 Å². The van der Waals surface area contributed by atoms with Gasteiger partial charge in [0.05, 0.1) is 7.11 Å². The highest BCUT2D eigenvalue weighted by Gasteiger charge is 2.37. The first-order valence-electron chi connectivity index (χ1n) is 11.2. The van der Waals surface area contributed by atoms with E-state index in [1.807, 2.05) is 53.4 Å². The Hall–Kier alpha value is -2.86. The van der Waals surface area contributed by atoms with Crippen LogP contribution >= 0.6 is 0 Å². The molecule has 2 heterocycles. The van der Waals surface area contributed by atoms with Gasteiger partial charge in [-0.05, 0) is 54.8 Å². The molecule has 2 amide bonds. The summed E-state index contributed by atoms with van der Waals surface area (Å²) in [5, 5.41) is 0. The van der Waals surface area contributed by atoms with Crippen molar-refractivity contribution < 1.29 is 14.3 Å². The van der Waals surface area contributed by atoms with E-state index in [2.05, 4.69) is 11.8 Å². The average molecular weight is 422 g/mol. The van der Waals surface area contributed by atoms with Crippen LogP contribution in [-0.4, -0.2) is 78.9 Å². The van der Waals surface area contributed by atoms with Gasteiger partial charge in [-0.15, -0.1) is 0 Å². The molecular weight excluding hydrogens is 390 g/mol. The lowest BCUT2D eigenvalue weighted by Gasteiger charge is -2.37. The zero-order chi connectivity index (χ0) is 21.8. The highest BCUT2D eigenvalue weighted by molar-refractivity contribution is 5.99. The Kier molecular flexibility index (Phi) is 6.56. The van der Waals surface area contributed by atoms with E-state index >= 15 is 0 Å². The Labute approximate surface area is 184 Å². The monoisotopic (exact) mass is 421 g/mol. The van der Waals surface area contributed by atoms with Crippen molar-refractivity contribution >= 4 is 11.8 Å². The number of nitrogens with zero attached hydrogens (tertiary/aromatic N) is 3. The van der Waals surface area contributed by atoms with E-state index in [1.54, 1.807) is 12.0 Å². The molecule has 1 unspecified atom stereocenters. The fourth-order valence-corrected chi connectivity index (χ4v) is 4.56. The summed E-state index contributed by atoms with van der Waals surface area (Å²) >= 11 is 0. The van der Waals surface area contributed by atoms with Gasteiger partial charge in [-0.2, -0.15) is 0 Å². The molecule has 2 aliphatic heterocycles. The van der Waals surface area contributed by atoms with Crippen LogP contribution in [-0.2, 0) is 4.79 Å². The van der Waals surface area contributed by atoms with E-state index in [-0.39, 0.29) is 17.9 Å². The van der Waals surface area contributed by atoms with Gasteiger partial charge in [-0.3, -0.25) is 9.59 Å². The van der Waals surface area contributed by atoms with Gasteiger partial charge in [0, 0.05) is 38.3 Å². The number of carbonyl (C=O) groups is 2. The van der Waals surface area contributed by atoms with Crippen LogP contribution in [0.5, 0.6) is 5.75 Å². The number of rotatable bonds is 5. The number of likely N-dealkylation sites (N-methyl/N-ethyl adjacent to an activating group) is 1. The number of carbonyl (C=O) groups excluding carboxylic acids is 2. The Balaban J connectivity index is 1.50. The van der Waals surface area contributed by atoms with Gasteiger partial charge in [0.25, 0.3) is 5.91 Å². The minimum absolute atomic E-state index is 0.0622. The van der Waals surface area contributed by atoms with Crippen molar-refractivity contribution in [3.05, 3.63) is 54.1 Å². The Morgan fingerprint density at radius 3 is 2.39 bits per heavy atom.